The Hall–Kier alpha value is -2.64. The molecule has 1 fully saturated rings. The largest absolute Gasteiger partial charge is 0.462 e. The van der Waals surface area contributed by atoms with Crippen LogP contribution in [0.2, 0.25) is 0 Å². The molecule has 2 atom stereocenters. The Bertz CT molecular complexity index is 756. The summed E-state index contributed by atoms with van der Waals surface area (Å²) in [6.45, 7) is 10.3. The van der Waals surface area contributed by atoms with Gasteiger partial charge in [-0.05, 0) is 57.6 Å². The molecule has 0 radical (unpaired) electrons. The second kappa shape index (κ2) is 8.58. The van der Waals surface area contributed by atoms with Gasteiger partial charge in [0.25, 0.3) is 5.69 Å². The van der Waals surface area contributed by atoms with Crippen LogP contribution in [-0.2, 0) is 9.47 Å². The Morgan fingerprint density at radius 3 is 2.54 bits per heavy atom. The summed E-state index contributed by atoms with van der Waals surface area (Å²) < 4.78 is 10.4. The van der Waals surface area contributed by atoms with E-state index in [0.29, 0.717) is 19.5 Å². The number of nitrogens with zero attached hydrogens (tertiary/aromatic N) is 2. The second-order valence-electron chi connectivity index (χ2n) is 8.05. The molecule has 0 N–H and O–H groups in total. The third kappa shape index (κ3) is 5.21. The highest BCUT2D eigenvalue weighted by Gasteiger charge is 2.33. The maximum atomic E-state index is 12.3. The molecule has 1 saturated heterocycles. The summed E-state index contributed by atoms with van der Waals surface area (Å²) in [7, 11) is 0. The molecule has 28 heavy (non-hydrogen) atoms. The fourth-order valence-corrected chi connectivity index (χ4v) is 3.45. The maximum absolute atomic E-state index is 12.3. The number of carbonyl (C=O) groups excluding carboxylic acids is 2. The van der Waals surface area contributed by atoms with Crippen LogP contribution in [0, 0.1) is 16.0 Å². The number of piperidine rings is 1. The maximum Gasteiger partial charge on any atom is 0.410 e. The van der Waals surface area contributed by atoms with Crippen LogP contribution in [0.3, 0.4) is 0 Å². The molecule has 0 spiro atoms. The first kappa shape index (κ1) is 21.7. The normalized spacial score (nSPS) is 19.8. The van der Waals surface area contributed by atoms with E-state index in [1.54, 1.807) is 24.0 Å². The van der Waals surface area contributed by atoms with Crippen LogP contribution in [0.4, 0.5) is 10.5 Å². The van der Waals surface area contributed by atoms with Gasteiger partial charge in [0.05, 0.1) is 11.5 Å². The summed E-state index contributed by atoms with van der Waals surface area (Å²) in [6.07, 6.45) is 0.342. The van der Waals surface area contributed by atoms with Crippen molar-refractivity contribution in [3.05, 3.63) is 39.4 Å². The molecule has 1 aromatic carbocycles. The van der Waals surface area contributed by atoms with E-state index in [1.165, 1.54) is 6.07 Å². The minimum absolute atomic E-state index is 0.0360. The van der Waals surface area contributed by atoms with E-state index >= 15 is 0 Å². The number of benzene rings is 1. The van der Waals surface area contributed by atoms with Gasteiger partial charge in [-0.2, -0.15) is 0 Å². The minimum Gasteiger partial charge on any atom is -0.462 e. The number of ether oxygens (including phenoxy) is 2. The summed E-state index contributed by atoms with van der Waals surface area (Å²) in [5, 5.41) is 11.3. The number of rotatable bonds is 4. The van der Waals surface area contributed by atoms with Crippen molar-refractivity contribution in [1.29, 1.82) is 0 Å². The van der Waals surface area contributed by atoms with Gasteiger partial charge in [-0.3, -0.25) is 10.1 Å². The zero-order valence-electron chi connectivity index (χ0n) is 17.1. The molecular weight excluding hydrogens is 364 g/mol. The predicted octanol–water partition coefficient (Wildman–Crippen LogP) is 4.13. The van der Waals surface area contributed by atoms with Crippen molar-refractivity contribution in [3.8, 4) is 0 Å². The van der Waals surface area contributed by atoms with Crippen molar-refractivity contribution in [1.82, 2.24) is 4.90 Å². The highest BCUT2D eigenvalue weighted by molar-refractivity contribution is 5.94. The molecule has 0 aromatic heterocycles. The van der Waals surface area contributed by atoms with Crippen LogP contribution in [0.1, 0.15) is 62.9 Å². The molecule has 8 nitrogen and oxygen atoms in total. The molecule has 8 heteroatoms. The number of amides is 1. The predicted molar refractivity (Wildman–Crippen MR) is 103 cm³/mol. The van der Waals surface area contributed by atoms with E-state index in [9.17, 15) is 19.7 Å². The third-order valence-corrected chi connectivity index (χ3v) is 4.70. The fraction of sp³-hybridized carbons (Fsp3) is 0.600. The lowest BCUT2D eigenvalue weighted by molar-refractivity contribution is -0.385. The van der Waals surface area contributed by atoms with Gasteiger partial charge in [-0.1, -0.05) is 13.0 Å². The average molecular weight is 392 g/mol. The number of carbonyl (C=O) groups is 2. The fourth-order valence-electron chi connectivity index (χ4n) is 3.45. The molecule has 1 aliphatic rings. The molecular formula is C20H28N2O6. The number of hydrogen-bond acceptors (Lipinski definition) is 6. The molecule has 1 aliphatic heterocycles. The summed E-state index contributed by atoms with van der Waals surface area (Å²) in [5.74, 6) is -0.514. The van der Waals surface area contributed by atoms with Crippen LogP contribution in [0.15, 0.2) is 18.2 Å². The monoisotopic (exact) mass is 392 g/mol. The highest BCUT2D eigenvalue weighted by Crippen LogP contribution is 2.35. The lowest BCUT2D eigenvalue weighted by Crippen LogP contribution is -2.44. The first-order valence-corrected chi connectivity index (χ1v) is 9.47. The lowest BCUT2D eigenvalue weighted by Gasteiger charge is -2.37. The quantitative estimate of drug-likeness (QED) is 0.434. The molecule has 0 aliphatic carbocycles. The molecule has 2 rings (SSSR count). The van der Waals surface area contributed by atoms with Gasteiger partial charge < -0.3 is 14.4 Å². The van der Waals surface area contributed by atoms with Crippen molar-refractivity contribution in [2.75, 3.05) is 19.7 Å². The smallest absolute Gasteiger partial charge is 0.410 e. The number of esters is 1. The van der Waals surface area contributed by atoms with Crippen molar-refractivity contribution < 1.29 is 24.0 Å². The van der Waals surface area contributed by atoms with Crippen molar-refractivity contribution in [3.63, 3.8) is 0 Å². The zero-order chi connectivity index (χ0) is 21.1. The molecule has 154 valence electrons. The van der Waals surface area contributed by atoms with Gasteiger partial charge in [0.2, 0.25) is 0 Å². The first-order chi connectivity index (χ1) is 13.0. The average Bonchev–Trinajstić information content (AvgIpc) is 2.59. The van der Waals surface area contributed by atoms with Gasteiger partial charge in [-0.25, -0.2) is 9.59 Å². The summed E-state index contributed by atoms with van der Waals surface area (Å²) in [6, 6.07) is 4.60. The Morgan fingerprint density at radius 1 is 1.32 bits per heavy atom. The Morgan fingerprint density at radius 2 is 2.00 bits per heavy atom. The van der Waals surface area contributed by atoms with E-state index in [1.807, 2.05) is 27.7 Å². The highest BCUT2D eigenvalue weighted by atomic mass is 16.6. The van der Waals surface area contributed by atoms with Gasteiger partial charge >= 0.3 is 12.1 Å². The summed E-state index contributed by atoms with van der Waals surface area (Å²) >= 11 is 0. The molecule has 1 heterocycles. The summed E-state index contributed by atoms with van der Waals surface area (Å²) in [5.41, 5.74) is -0.0125. The Balaban J connectivity index is 2.20. The molecule has 0 saturated carbocycles. The van der Waals surface area contributed by atoms with Crippen molar-refractivity contribution in [2.45, 2.75) is 52.6 Å². The summed E-state index contributed by atoms with van der Waals surface area (Å²) in [4.78, 5) is 36.8. The zero-order valence-corrected chi connectivity index (χ0v) is 17.1. The SMILES string of the molecule is CCOC(=O)c1cc(C2CCN(C(=O)OC(C)(C)C)CC2C)ccc1[N+](=O)[O-]. The molecule has 1 amide bonds. The van der Waals surface area contributed by atoms with Crippen LogP contribution < -0.4 is 0 Å². The van der Waals surface area contributed by atoms with Gasteiger partial charge in [-0.15, -0.1) is 0 Å². The topological polar surface area (TPSA) is 99.0 Å². The van der Waals surface area contributed by atoms with Crippen LogP contribution in [-0.4, -0.2) is 47.2 Å². The molecule has 0 bridgehead atoms. The van der Waals surface area contributed by atoms with Crippen molar-refractivity contribution in [2.24, 2.45) is 5.92 Å². The number of likely N-dealkylation sites (tertiary alicyclic amines) is 1. The lowest BCUT2D eigenvalue weighted by atomic mass is 9.81. The Kier molecular flexibility index (Phi) is 6.64. The van der Waals surface area contributed by atoms with Crippen LogP contribution in [0.5, 0.6) is 0 Å². The minimum atomic E-state index is -0.699. The van der Waals surface area contributed by atoms with E-state index in [4.69, 9.17) is 9.47 Å². The van der Waals surface area contributed by atoms with Crippen LogP contribution >= 0.6 is 0 Å². The van der Waals surface area contributed by atoms with E-state index in [-0.39, 0.29) is 35.8 Å². The van der Waals surface area contributed by atoms with Gasteiger partial charge in [0.15, 0.2) is 0 Å². The standard InChI is InChI=1S/C20H28N2O6/c1-6-27-18(23)16-11-14(7-8-17(16)22(25)26)15-9-10-21(12-13(15)2)19(24)28-20(3,4)5/h7-8,11,13,15H,6,9-10,12H2,1-5H3. The van der Waals surface area contributed by atoms with Crippen molar-refractivity contribution >= 4 is 17.7 Å². The Labute approximate surface area is 164 Å². The van der Waals surface area contributed by atoms with E-state index < -0.39 is 16.5 Å². The van der Waals surface area contributed by atoms with Gasteiger partial charge in [0.1, 0.15) is 11.2 Å². The number of nitro benzene ring substituents is 1. The molecule has 2 unspecified atom stereocenters. The first-order valence-electron chi connectivity index (χ1n) is 9.47. The van der Waals surface area contributed by atoms with Gasteiger partial charge in [0, 0.05) is 19.2 Å². The molecule has 1 aromatic rings. The van der Waals surface area contributed by atoms with Crippen LogP contribution in [0.25, 0.3) is 0 Å². The third-order valence-electron chi connectivity index (χ3n) is 4.70. The van der Waals surface area contributed by atoms with E-state index in [0.717, 1.165) is 5.56 Å². The number of nitro groups is 1. The number of hydrogen-bond donors (Lipinski definition) is 0. The van der Waals surface area contributed by atoms with E-state index in [2.05, 4.69) is 0 Å². The second-order valence-corrected chi connectivity index (χ2v) is 8.05.